The van der Waals surface area contributed by atoms with Gasteiger partial charge in [0.2, 0.25) is 0 Å². The minimum Gasteiger partial charge on any atom is -0.510 e. The maximum Gasteiger partial charge on any atom is 0.116 e. The molecule has 4 heteroatoms. The van der Waals surface area contributed by atoms with Gasteiger partial charge in [-0.3, -0.25) is 4.90 Å². The molecule has 2 aliphatic rings. The normalized spacial score (nSPS) is 18.1. The summed E-state index contributed by atoms with van der Waals surface area (Å²) >= 11 is 0. The average molecular weight is 402 g/mol. The molecule has 1 N–H and O–H groups in total. The molecule has 1 saturated heterocycles. The zero-order valence-electron chi connectivity index (χ0n) is 17.6. The first-order chi connectivity index (χ1) is 14.8. The molecule has 4 nitrogen and oxygen atoms in total. The maximum atomic E-state index is 10.2. The Bertz CT molecular complexity index is 1030. The van der Waals surface area contributed by atoms with Crippen LogP contribution in [0.3, 0.4) is 0 Å². The Morgan fingerprint density at radius 1 is 0.767 bits per heavy atom. The third-order valence-electron chi connectivity index (χ3n) is 6.62. The molecule has 0 unspecified atom stereocenters. The molecule has 0 radical (unpaired) electrons. The van der Waals surface area contributed by atoms with E-state index >= 15 is 0 Å². The van der Waals surface area contributed by atoms with E-state index in [2.05, 4.69) is 75.0 Å². The van der Waals surface area contributed by atoms with Crippen molar-refractivity contribution in [3.63, 3.8) is 0 Å². The first-order valence-electron chi connectivity index (χ1n) is 11.3. The molecule has 0 amide bonds. The van der Waals surface area contributed by atoms with Crippen LogP contribution in [0, 0.1) is 0 Å². The lowest BCUT2D eigenvalue weighted by Gasteiger charge is -2.37. The Labute approximate surface area is 178 Å². The molecule has 156 valence electrons. The van der Waals surface area contributed by atoms with Gasteiger partial charge in [-0.2, -0.15) is 0 Å². The lowest BCUT2D eigenvalue weighted by Crippen LogP contribution is -2.46. The Morgan fingerprint density at radius 2 is 1.40 bits per heavy atom. The van der Waals surface area contributed by atoms with E-state index in [1.165, 1.54) is 34.6 Å². The van der Waals surface area contributed by atoms with Crippen molar-refractivity contribution < 1.29 is 5.11 Å². The summed E-state index contributed by atoms with van der Waals surface area (Å²) in [4.78, 5) is 4.92. The number of para-hydroxylation sites is 2. The van der Waals surface area contributed by atoms with Crippen LogP contribution in [0.1, 0.15) is 25.7 Å². The average Bonchev–Trinajstić information content (AvgIpc) is 3.11. The van der Waals surface area contributed by atoms with Crippen molar-refractivity contribution in [2.75, 3.05) is 32.7 Å². The highest BCUT2D eigenvalue weighted by atomic mass is 16.3. The van der Waals surface area contributed by atoms with Crippen molar-refractivity contribution in [3.8, 4) is 0 Å². The number of hydrogen-bond acceptors (Lipinski definition) is 3. The lowest BCUT2D eigenvalue weighted by atomic mass is 10.1. The number of benzene rings is 2. The van der Waals surface area contributed by atoms with E-state index < -0.39 is 0 Å². The van der Waals surface area contributed by atoms with Crippen molar-refractivity contribution in [3.05, 3.63) is 72.1 Å². The number of aliphatic hydroxyl groups excluding tert-OH is 1. The number of aromatic nitrogens is 1. The first kappa shape index (κ1) is 19.3. The van der Waals surface area contributed by atoms with Crippen molar-refractivity contribution in [1.29, 1.82) is 0 Å². The second-order valence-electron chi connectivity index (χ2n) is 8.49. The molecule has 1 fully saturated rings. The van der Waals surface area contributed by atoms with E-state index in [9.17, 15) is 5.11 Å². The number of aliphatic hydroxyl groups is 1. The fourth-order valence-corrected chi connectivity index (χ4v) is 4.99. The number of hydrogen-bond donors (Lipinski definition) is 1. The summed E-state index contributed by atoms with van der Waals surface area (Å²) in [6, 6.07) is 17.5. The van der Waals surface area contributed by atoms with Crippen LogP contribution in [0.25, 0.3) is 21.8 Å². The molecule has 2 aromatic carbocycles. The molecule has 1 aromatic heterocycles. The van der Waals surface area contributed by atoms with E-state index in [0.29, 0.717) is 5.76 Å². The molecule has 0 bridgehead atoms. The molecule has 0 saturated carbocycles. The minimum absolute atomic E-state index is 0.567. The van der Waals surface area contributed by atoms with Crippen LogP contribution in [0.4, 0.5) is 0 Å². The van der Waals surface area contributed by atoms with Gasteiger partial charge in [0.05, 0.1) is 5.70 Å². The summed E-state index contributed by atoms with van der Waals surface area (Å²) in [5.41, 5.74) is 3.74. The lowest BCUT2D eigenvalue weighted by molar-refractivity contribution is 0.153. The Kier molecular flexibility index (Phi) is 5.50. The molecule has 1 aliphatic carbocycles. The van der Waals surface area contributed by atoms with Crippen LogP contribution in [0.15, 0.2) is 72.1 Å². The Hall–Kier alpha value is -2.72. The van der Waals surface area contributed by atoms with Gasteiger partial charge in [-0.1, -0.05) is 42.5 Å². The van der Waals surface area contributed by atoms with Crippen molar-refractivity contribution in [1.82, 2.24) is 14.4 Å². The summed E-state index contributed by atoms with van der Waals surface area (Å²) in [5.74, 6) is 0.567. The van der Waals surface area contributed by atoms with Gasteiger partial charge in [0.15, 0.2) is 0 Å². The third-order valence-corrected chi connectivity index (χ3v) is 6.62. The molecule has 30 heavy (non-hydrogen) atoms. The molecule has 0 atom stereocenters. The molecule has 5 rings (SSSR count). The fourth-order valence-electron chi connectivity index (χ4n) is 4.99. The molecular weight excluding hydrogens is 370 g/mol. The highest BCUT2D eigenvalue weighted by Gasteiger charge is 2.20. The van der Waals surface area contributed by atoms with Gasteiger partial charge in [-0.15, -0.1) is 0 Å². The number of nitrogens with zero attached hydrogens (tertiary/aromatic N) is 3. The van der Waals surface area contributed by atoms with Crippen LogP contribution in [-0.2, 0) is 6.54 Å². The fraction of sp³-hybridized carbons (Fsp3) is 0.385. The van der Waals surface area contributed by atoms with Gasteiger partial charge >= 0.3 is 0 Å². The number of allylic oxidation sites excluding steroid dienone is 3. The van der Waals surface area contributed by atoms with E-state index in [-0.39, 0.29) is 0 Å². The molecule has 0 spiro atoms. The summed E-state index contributed by atoms with van der Waals surface area (Å²) in [7, 11) is 0. The largest absolute Gasteiger partial charge is 0.510 e. The van der Waals surface area contributed by atoms with Crippen molar-refractivity contribution in [2.24, 2.45) is 0 Å². The van der Waals surface area contributed by atoms with Crippen LogP contribution < -0.4 is 0 Å². The zero-order valence-corrected chi connectivity index (χ0v) is 17.6. The standard InChI is InChI=1S/C26H31N3O/c30-26-14-6-5-13-25(26)28-19-17-27(18-20-28)15-7-8-16-29-23-11-3-1-9-21(23)22-10-2-4-12-24(22)29/h1-5,9-13,30H,6-8,14-20H2. The van der Waals surface area contributed by atoms with E-state index in [1.807, 2.05) is 0 Å². The van der Waals surface area contributed by atoms with E-state index in [1.54, 1.807) is 0 Å². The highest BCUT2D eigenvalue weighted by molar-refractivity contribution is 6.07. The van der Waals surface area contributed by atoms with Gasteiger partial charge in [0, 0.05) is 61.0 Å². The number of rotatable bonds is 6. The van der Waals surface area contributed by atoms with Crippen molar-refractivity contribution >= 4 is 21.8 Å². The van der Waals surface area contributed by atoms with Crippen LogP contribution >= 0.6 is 0 Å². The second kappa shape index (κ2) is 8.57. The van der Waals surface area contributed by atoms with Gasteiger partial charge < -0.3 is 14.6 Å². The highest BCUT2D eigenvalue weighted by Crippen LogP contribution is 2.29. The molecule has 3 aromatic rings. The molecule has 1 aliphatic heterocycles. The topological polar surface area (TPSA) is 31.6 Å². The summed E-state index contributed by atoms with van der Waals surface area (Å²) in [6.07, 6.45) is 8.43. The Balaban J connectivity index is 1.16. The van der Waals surface area contributed by atoms with Crippen LogP contribution in [0.2, 0.25) is 0 Å². The number of aryl methyl sites for hydroxylation is 1. The predicted molar refractivity (Wildman–Crippen MR) is 125 cm³/mol. The number of unbranched alkanes of at least 4 members (excludes halogenated alkanes) is 1. The van der Waals surface area contributed by atoms with Crippen LogP contribution in [-0.4, -0.2) is 52.2 Å². The van der Waals surface area contributed by atoms with E-state index in [4.69, 9.17) is 0 Å². The minimum atomic E-state index is 0.567. The molecular formula is C26H31N3O. The van der Waals surface area contributed by atoms with Gasteiger partial charge in [0.1, 0.15) is 5.76 Å². The number of piperazine rings is 1. The maximum absolute atomic E-state index is 10.2. The van der Waals surface area contributed by atoms with Gasteiger partial charge in [-0.25, -0.2) is 0 Å². The summed E-state index contributed by atoms with van der Waals surface area (Å²) in [6.45, 7) is 6.42. The quantitative estimate of drug-likeness (QED) is 0.568. The summed E-state index contributed by atoms with van der Waals surface area (Å²) < 4.78 is 2.49. The first-order valence-corrected chi connectivity index (χ1v) is 11.3. The summed E-state index contributed by atoms with van der Waals surface area (Å²) in [5, 5.41) is 12.9. The zero-order chi connectivity index (χ0) is 20.3. The predicted octanol–water partition coefficient (Wildman–Crippen LogP) is 5.31. The third kappa shape index (κ3) is 3.72. The van der Waals surface area contributed by atoms with Gasteiger partial charge in [0.25, 0.3) is 0 Å². The smallest absolute Gasteiger partial charge is 0.116 e. The number of fused-ring (bicyclic) bond motifs is 3. The van der Waals surface area contributed by atoms with Gasteiger partial charge in [-0.05, 0) is 44.0 Å². The van der Waals surface area contributed by atoms with Crippen molar-refractivity contribution in [2.45, 2.75) is 32.2 Å². The van der Waals surface area contributed by atoms with Crippen LogP contribution in [0.5, 0.6) is 0 Å². The molecule has 2 heterocycles. The Morgan fingerprint density at radius 3 is 2.07 bits per heavy atom. The second-order valence-corrected chi connectivity index (χ2v) is 8.49. The monoisotopic (exact) mass is 401 g/mol. The van der Waals surface area contributed by atoms with E-state index in [0.717, 1.165) is 57.8 Å². The SMILES string of the molecule is OC1=C(N2CCN(CCCCn3c4ccccc4c4ccccc43)CC2)C=CCC1.